The van der Waals surface area contributed by atoms with Gasteiger partial charge in [0.25, 0.3) is 0 Å². The molecule has 2 rings (SSSR count). The fourth-order valence-corrected chi connectivity index (χ4v) is 1.46. The quantitative estimate of drug-likeness (QED) is 0.924. The summed E-state index contributed by atoms with van der Waals surface area (Å²) >= 11 is 3.35. The third-order valence-electron chi connectivity index (χ3n) is 1.96. The molecule has 6 heteroatoms. The first-order valence-electron chi connectivity index (χ1n) is 4.36. The Morgan fingerprint density at radius 2 is 2.40 bits per heavy atom. The molecule has 0 unspecified atom stereocenters. The lowest BCUT2D eigenvalue weighted by Crippen LogP contribution is -2.02. The minimum atomic E-state index is 0.630. The predicted octanol–water partition coefficient (Wildman–Crippen LogP) is 2.15. The SMILES string of the molecule is Cc1nocc1CNc1ncncc1Br. The molecule has 5 nitrogen and oxygen atoms in total. The lowest BCUT2D eigenvalue weighted by Gasteiger charge is -2.04. The van der Waals surface area contributed by atoms with E-state index in [1.165, 1.54) is 6.33 Å². The third-order valence-corrected chi connectivity index (χ3v) is 2.54. The van der Waals surface area contributed by atoms with Crippen LogP contribution in [0.25, 0.3) is 0 Å². The van der Waals surface area contributed by atoms with E-state index in [0.29, 0.717) is 6.54 Å². The second kappa shape index (κ2) is 4.39. The minimum Gasteiger partial charge on any atom is -0.365 e. The third kappa shape index (κ3) is 2.33. The Morgan fingerprint density at radius 3 is 3.07 bits per heavy atom. The molecule has 2 aromatic rings. The van der Waals surface area contributed by atoms with Crippen LogP contribution in [-0.4, -0.2) is 15.1 Å². The van der Waals surface area contributed by atoms with Crippen molar-refractivity contribution in [3.05, 3.63) is 34.5 Å². The van der Waals surface area contributed by atoms with E-state index in [4.69, 9.17) is 4.52 Å². The summed E-state index contributed by atoms with van der Waals surface area (Å²) in [6.45, 7) is 2.53. The van der Waals surface area contributed by atoms with Gasteiger partial charge in [-0.25, -0.2) is 9.97 Å². The predicted molar refractivity (Wildman–Crippen MR) is 58.3 cm³/mol. The summed E-state index contributed by atoms with van der Waals surface area (Å²) in [6, 6.07) is 0. The number of rotatable bonds is 3. The maximum absolute atomic E-state index is 4.83. The van der Waals surface area contributed by atoms with E-state index in [1.807, 2.05) is 6.92 Å². The maximum atomic E-state index is 4.83. The van der Waals surface area contributed by atoms with Crippen LogP contribution < -0.4 is 5.32 Å². The number of hydrogen-bond donors (Lipinski definition) is 1. The number of anilines is 1. The van der Waals surface area contributed by atoms with E-state index in [0.717, 1.165) is 21.5 Å². The molecular weight excluding hydrogens is 260 g/mol. The van der Waals surface area contributed by atoms with Crippen molar-refractivity contribution < 1.29 is 4.52 Å². The van der Waals surface area contributed by atoms with Crippen LogP contribution in [0.15, 0.2) is 27.8 Å². The van der Waals surface area contributed by atoms with Gasteiger partial charge < -0.3 is 9.84 Å². The van der Waals surface area contributed by atoms with Crippen molar-refractivity contribution in [1.82, 2.24) is 15.1 Å². The van der Waals surface area contributed by atoms with Crippen molar-refractivity contribution in [2.45, 2.75) is 13.5 Å². The van der Waals surface area contributed by atoms with Gasteiger partial charge in [0, 0.05) is 18.3 Å². The fraction of sp³-hybridized carbons (Fsp3) is 0.222. The summed E-state index contributed by atoms with van der Waals surface area (Å²) in [5.74, 6) is 0.755. The van der Waals surface area contributed by atoms with Crippen LogP contribution in [-0.2, 0) is 6.54 Å². The molecule has 2 aromatic heterocycles. The number of hydrogen-bond acceptors (Lipinski definition) is 5. The molecule has 0 aliphatic rings. The van der Waals surface area contributed by atoms with Gasteiger partial charge in [-0.2, -0.15) is 0 Å². The van der Waals surface area contributed by atoms with Gasteiger partial charge in [0.2, 0.25) is 0 Å². The average molecular weight is 269 g/mol. The molecule has 0 atom stereocenters. The van der Waals surface area contributed by atoms with Crippen LogP contribution in [0, 0.1) is 6.92 Å². The molecule has 0 saturated carbocycles. The second-order valence-electron chi connectivity index (χ2n) is 3.00. The molecule has 0 aliphatic heterocycles. The molecule has 0 aromatic carbocycles. The van der Waals surface area contributed by atoms with Gasteiger partial charge in [0.05, 0.1) is 10.2 Å². The molecule has 78 valence electrons. The normalized spacial score (nSPS) is 10.3. The van der Waals surface area contributed by atoms with Crippen LogP contribution in [0.1, 0.15) is 11.3 Å². The summed E-state index contributed by atoms with van der Waals surface area (Å²) in [5.41, 5.74) is 1.90. The fourth-order valence-electron chi connectivity index (χ4n) is 1.10. The van der Waals surface area contributed by atoms with E-state index >= 15 is 0 Å². The van der Waals surface area contributed by atoms with Gasteiger partial charge in [0.15, 0.2) is 0 Å². The Bertz CT molecular complexity index is 457. The number of nitrogens with zero attached hydrogens (tertiary/aromatic N) is 3. The van der Waals surface area contributed by atoms with Crippen LogP contribution >= 0.6 is 15.9 Å². The van der Waals surface area contributed by atoms with Gasteiger partial charge >= 0.3 is 0 Å². The van der Waals surface area contributed by atoms with Gasteiger partial charge in [-0.05, 0) is 22.9 Å². The van der Waals surface area contributed by atoms with Gasteiger partial charge in [-0.1, -0.05) is 5.16 Å². The highest BCUT2D eigenvalue weighted by Crippen LogP contribution is 2.18. The van der Waals surface area contributed by atoms with E-state index in [-0.39, 0.29) is 0 Å². The highest BCUT2D eigenvalue weighted by atomic mass is 79.9. The number of aryl methyl sites for hydroxylation is 1. The van der Waals surface area contributed by atoms with Gasteiger partial charge in [0.1, 0.15) is 18.4 Å². The molecule has 0 saturated heterocycles. The second-order valence-corrected chi connectivity index (χ2v) is 3.85. The zero-order valence-electron chi connectivity index (χ0n) is 8.07. The van der Waals surface area contributed by atoms with E-state index in [2.05, 4.69) is 36.4 Å². The standard InChI is InChI=1S/C9H9BrN4O/c1-6-7(4-15-14-6)2-12-9-8(10)3-11-5-13-9/h3-5H,2H2,1H3,(H,11,12,13). The van der Waals surface area contributed by atoms with Crippen LogP contribution in [0.5, 0.6) is 0 Å². The van der Waals surface area contributed by atoms with Crippen molar-refractivity contribution in [3.8, 4) is 0 Å². The summed E-state index contributed by atoms with van der Waals surface area (Å²) in [5, 5.41) is 6.95. The van der Waals surface area contributed by atoms with Crippen LogP contribution in [0.3, 0.4) is 0 Å². The van der Waals surface area contributed by atoms with Crippen molar-refractivity contribution in [1.29, 1.82) is 0 Å². The van der Waals surface area contributed by atoms with Crippen LogP contribution in [0.2, 0.25) is 0 Å². The smallest absolute Gasteiger partial charge is 0.144 e. The summed E-state index contributed by atoms with van der Waals surface area (Å²) in [6.07, 6.45) is 4.81. The highest BCUT2D eigenvalue weighted by Gasteiger charge is 2.04. The Labute approximate surface area is 95.0 Å². The zero-order valence-corrected chi connectivity index (χ0v) is 9.65. The summed E-state index contributed by atoms with van der Waals surface area (Å²) in [7, 11) is 0. The molecule has 2 heterocycles. The molecule has 15 heavy (non-hydrogen) atoms. The lowest BCUT2D eigenvalue weighted by atomic mass is 10.3. The molecular formula is C9H9BrN4O. The van der Waals surface area contributed by atoms with Crippen molar-refractivity contribution in [2.24, 2.45) is 0 Å². The zero-order chi connectivity index (χ0) is 10.7. The Hall–Kier alpha value is -1.43. The van der Waals surface area contributed by atoms with Gasteiger partial charge in [-0.15, -0.1) is 0 Å². The first-order valence-corrected chi connectivity index (χ1v) is 5.16. The molecule has 0 fully saturated rings. The average Bonchev–Trinajstić information content (AvgIpc) is 2.63. The molecule has 0 radical (unpaired) electrons. The topological polar surface area (TPSA) is 63.8 Å². The van der Waals surface area contributed by atoms with Crippen molar-refractivity contribution in [2.75, 3.05) is 5.32 Å². The number of halogens is 1. The van der Waals surface area contributed by atoms with Crippen molar-refractivity contribution in [3.63, 3.8) is 0 Å². The minimum absolute atomic E-state index is 0.630. The van der Waals surface area contributed by atoms with E-state index < -0.39 is 0 Å². The molecule has 0 bridgehead atoms. The maximum Gasteiger partial charge on any atom is 0.144 e. The lowest BCUT2D eigenvalue weighted by molar-refractivity contribution is 0.414. The largest absolute Gasteiger partial charge is 0.365 e. The Kier molecular flexibility index (Phi) is 2.96. The number of aromatic nitrogens is 3. The summed E-state index contributed by atoms with van der Waals surface area (Å²) < 4.78 is 5.66. The van der Waals surface area contributed by atoms with Gasteiger partial charge in [-0.3, -0.25) is 0 Å². The molecule has 1 N–H and O–H groups in total. The monoisotopic (exact) mass is 268 g/mol. The molecule has 0 amide bonds. The van der Waals surface area contributed by atoms with Crippen molar-refractivity contribution >= 4 is 21.7 Å². The number of nitrogens with one attached hydrogen (secondary N) is 1. The molecule has 0 spiro atoms. The van der Waals surface area contributed by atoms with E-state index in [1.54, 1.807) is 12.5 Å². The highest BCUT2D eigenvalue weighted by molar-refractivity contribution is 9.10. The molecule has 0 aliphatic carbocycles. The van der Waals surface area contributed by atoms with Crippen LogP contribution in [0.4, 0.5) is 5.82 Å². The first-order chi connectivity index (χ1) is 7.27. The first kappa shape index (κ1) is 10.1. The summed E-state index contributed by atoms with van der Waals surface area (Å²) in [4.78, 5) is 7.97. The van der Waals surface area contributed by atoms with E-state index in [9.17, 15) is 0 Å². The Balaban J connectivity index is 2.06. The Morgan fingerprint density at radius 1 is 1.53 bits per heavy atom.